The van der Waals surface area contributed by atoms with E-state index in [1.807, 2.05) is 7.05 Å². The Morgan fingerprint density at radius 2 is 1.67 bits per heavy atom. The molecule has 0 aliphatic heterocycles. The highest BCUT2D eigenvalue weighted by atomic mass is 16.5. The Hall–Kier alpha value is -0.0800. The summed E-state index contributed by atoms with van der Waals surface area (Å²) in [5, 5.41) is 3.40. The third-order valence-electron chi connectivity index (χ3n) is 3.43. The van der Waals surface area contributed by atoms with E-state index in [2.05, 4.69) is 39.9 Å². The topological polar surface area (TPSA) is 21.3 Å². The van der Waals surface area contributed by atoms with Gasteiger partial charge < -0.3 is 10.1 Å². The summed E-state index contributed by atoms with van der Waals surface area (Å²) in [5.41, 5.74) is -0.0634. The molecular weight excluding hydrogens is 186 g/mol. The first-order chi connectivity index (χ1) is 7.01. The van der Waals surface area contributed by atoms with Crippen molar-refractivity contribution in [1.82, 2.24) is 5.32 Å². The average Bonchev–Trinajstić information content (AvgIpc) is 2.19. The summed E-state index contributed by atoms with van der Waals surface area (Å²) in [7, 11) is 2.04. The van der Waals surface area contributed by atoms with Gasteiger partial charge in [0.15, 0.2) is 0 Å². The molecule has 0 amide bonds. The highest BCUT2D eigenvalue weighted by molar-refractivity contribution is 4.86. The van der Waals surface area contributed by atoms with Gasteiger partial charge >= 0.3 is 0 Å². The van der Waals surface area contributed by atoms with Crippen LogP contribution in [-0.4, -0.2) is 25.3 Å². The lowest BCUT2D eigenvalue weighted by atomic mass is 9.87. The summed E-state index contributed by atoms with van der Waals surface area (Å²) in [4.78, 5) is 0. The molecule has 0 heterocycles. The van der Waals surface area contributed by atoms with Crippen LogP contribution >= 0.6 is 0 Å². The fourth-order valence-electron chi connectivity index (χ4n) is 2.18. The molecule has 92 valence electrons. The van der Waals surface area contributed by atoms with Crippen LogP contribution in [0.1, 0.15) is 53.9 Å². The van der Waals surface area contributed by atoms with Gasteiger partial charge in [0.2, 0.25) is 0 Å². The Morgan fingerprint density at radius 1 is 1.13 bits per heavy atom. The van der Waals surface area contributed by atoms with Crippen LogP contribution in [0.3, 0.4) is 0 Å². The third-order valence-corrected chi connectivity index (χ3v) is 3.43. The van der Waals surface area contributed by atoms with Gasteiger partial charge in [-0.2, -0.15) is 0 Å². The zero-order chi connectivity index (χ0) is 11.9. The smallest absolute Gasteiger partial charge is 0.0778 e. The monoisotopic (exact) mass is 215 g/mol. The first kappa shape index (κ1) is 14.9. The van der Waals surface area contributed by atoms with E-state index in [-0.39, 0.29) is 5.60 Å². The van der Waals surface area contributed by atoms with Crippen molar-refractivity contribution in [3.63, 3.8) is 0 Å². The van der Waals surface area contributed by atoms with Gasteiger partial charge in [-0.05, 0) is 40.2 Å². The van der Waals surface area contributed by atoms with Gasteiger partial charge in [-0.1, -0.05) is 26.7 Å². The number of rotatable bonds is 8. The highest BCUT2D eigenvalue weighted by Crippen LogP contribution is 2.24. The van der Waals surface area contributed by atoms with Crippen molar-refractivity contribution < 1.29 is 4.74 Å². The molecule has 0 aromatic rings. The van der Waals surface area contributed by atoms with E-state index < -0.39 is 0 Å². The lowest BCUT2D eigenvalue weighted by molar-refractivity contribution is -0.0421. The minimum Gasteiger partial charge on any atom is -0.374 e. The summed E-state index contributed by atoms with van der Waals surface area (Å²) in [6.45, 7) is 11.8. The molecule has 1 atom stereocenters. The summed E-state index contributed by atoms with van der Waals surface area (Å²) in [6.07, 6.45) is 3.73. The molecule has 0 saturated carbocycles. The molecule has 1 N–H and O–H groups in total. The molecule has 0 radical (unpaired) electrons. The fraction of sp³-hybridized carbons (Fsp3) is 1.00. The summed E-state index contributed by atoms with van der Waals surface area (Å²) < 4.78 is 5.81. The maximum absolute atomic E-state index is 5.81. The fourth-order valence-corrected chi connectivity index (χ4v) is 2.18. The van der Waals surface area contributed by atoms with E-state index in [9.17, 15) is 0 Å². The molecule has 1 unspecified atom stereocenters. The van der Waals surface area contributed by atoms with E-state index in [0.717, 1.165) is 12.5 Å². The van der Waals surface area contributed by atoms with Crippen molar-refractivity contribution in [3.05, 3.63) is 0 Å². The number of likely N-dealkylation sites (N-methyl/N-ethyl adjacent to an activating group) is 1. The average molecular weight is 215 g/mol. The van der Waals surface area contributed by atoms with Crippen molar-refractivity contribution in [2.45, 2.75) is 65.5 Å². The standard InChI is InChI=1S/C13H29NO/c1-7-11(8-2)10-12(14-6)13(4,5)15-9-3/h11-12,14H,7-10H2,1-6H3. The molecule has 0 bridgehead atoms. The number of nitrogens with one attached hydrogen (secondary N) is 1. The Bertz CT molecular complexity index is 153. The Kier molecular flexibility index (Phi) is 7.20. The molecule has 0 spiro atoms. The summed E-state index contributed by atoms with van der Waals surface area (Å²) in [5.74, 6) is 0.808. The van der Waals surface area contributed by atoms with Crippen molar-refractivity contribution >= 4 is 0 Å². The van der Waals surface area contributed by atoms with Crippen LogP contribution in [0.15, 0.2) is 0 Å². The highest BCUT2D eigenvalue weighted by Gasteiger charge is 2.29. The van der Waals surface area contributed by atoms with Gasteiger partial charge in [0.25, 0.3) is 0 Å². The van der Waals surface area contributed by atoms with E-state index in [1.165, 1.54) is 19.3 Å². The maximum Gasteiger partial charge on any atom is 0.0778 e. The zero-order valence-electron chi connectivity index (χ0n) is 11.4. The largest absolute Gasteiger partial charge is 0.374 e. The number of hydrogen-bond acceptors (Lipinski definition) is 2. The SMILES string of the molecule is CCOC(C)(C)C(CC(CC)CC)NC. The van der Waals surface area contributed by atoms with Gasteiger partial charge in [0, 0.05) is 12.6 Å². The van der Waals surface area contributed by atoms with Gasteiger partial charge in [0.05, 0.1) is 5.60 Å². The quantitative estimate of drug-likeness (QED) is 0.671. The third kappa shape index (κ3) is 4.98. The molecule has 0 aromatic heterocycles. The van der Waals surface area contributed by atoms with Crippen molar-refractivity contribution in [3.8, 4) is 0 Å². The second-order valence-electron chi connectivity index (χ2n) is 4.80. The van der Waals surface area contributed by atoms with Gasteiger partial charge in [0.1, 0.15) is 0 Å². The van der Waals surface area contributed by atoms with Crippen molar-refractivity contribution in [2.75, 3.05) is 13.7 Å². The lowest BCUT2D eigenvalue weighted by Gasteiger charge is -2.36. The van der Waals surface area contributed by atoms with Crippen molar-refractivity contribution in [1.29, 1.82) is 0 Å². The van der Waals surface area contributed by atoms with Crippen LogP contribution < -0.4 is 5.32 Å². The lowest BCUT2D eigenvalue weighted by Crippen LogP contribution is -2.48. The molecule has 2 heteroatoms. The number of ether oxygens (including phenoxy) is 1. The first-order valence-corrected chi connectivity index (χ1v) is 6.32. The summed E-state index contributed by atoms with van der Waals surface area (Å²) in [6, 6.07) is 0.447. The number of hydrogen-bond donors (Lipinski definition) is 1. The zero-order valence-corrected chi connectivity index (χ0v) is 11.4. The molecule has 15 heavy (non-hydrogen) atoms. The van der Waals surface area contributed by atoms with E-state index in [1.54, 1.807) is 0 Å². The normalized spacial score (nSPS) is 14.6. The van der Waals surface area contributed by atoms with Crippen LogP contribution in [0.4, 0.5) is 0 Å². The summed E-state index contributed by atoms with van der Waals surface area (Å²) >= 11 is 0. The van der Waals surface area contributed by atoms with Crippen LogP contribution in [0.25, 0.3) is 0 Å². The van der Waals surface area contributed by atoms with Crippen LogP contribution in [-0.2, 0) is 4.74 Å². The van der Waals surface area contributed by atoms with E-state index >= 15 is 0 Å². The molecule has 0 aromatic carbocycles. The Balaban J connectivity index is 4.33. The van der Waals surface area contributed by atoms with E-state index in [0.29, 0.717) is 6.04 Å². The predicted octanol–water partition coefficient (Wildman–Crippen LogP) is 3.22. The minimum atomic E-state index is -0.0634. The van der Waals surface area contributed by atoms with Crippen LogP contribution in [0.5, 0.6) is 0 Å². The Labute approximate surface area is 95.8 Å². The molecule has 0 aliphatic rings. The van der Waals surface area contributed by atoms with Gasteiger partial charge in [-0.3, -0.25) is 0 Å². The van der Waals surface area contributed by atoms with Crippen molar-refractivity contribution in [2.24, 2.45) is 5.92 Å². The minimum absolute atomic E-state index is 0.0634. The molecule has 0 aliphatic carbocycles. The van der Waals surface area contributed by atoms with Crippen LogP contribution in [0, 0.1) is 5.92 Å². The second kappa shape index (κ2) is 7.24. The van der Waals surface area contributed by atoms with Gasteiger partial charge in [-0.25, -0.2) is 0 Å². The first-order valence-electron chi connectivity index (χ1n) is 6.32. The molecule has 2 nitrogen and oxygen atoms in total. The second-order valence-corrected chi connectivity index (χ2v) is 4.80. The molecule has 0 fully saturated rings. The molecular formula is C13H29NO. The van der Waals surface area contributed by atoms with Crippen LogP contribution in [0.2, 0.25) is 0 Å². The predicted molar refractivity (Wildman–Crippen MR) is 67.2 cm³/mol. The van der Waals surface area contributed by atoms with Gasteiger partial charge in [-0.15, -0.1) is 0 Å². The molecule has 0 rings (SSSR count). The maximum atomic E-state index is 5.81. The Morgan fingerprint density at radius 3 is 2.00 bits per heavy atom. The molecule has 0 saturated heterocycles. The van der Waals surface area contributed by atoms with E-state index in [4.69, 9.17) is 4.74 Å².